The molecule has 0 aromatic heterocycles. The number of hydrogen-bond donors (Lipinski definition) is 1. The molecule has 0 aliphatic carbocycles. The molecule has 0 unspecified atom stereocenters. The zero-order chi connectivity index (χ0) is 19.4. The number of nitrogens with zero attached hydrogens (tertiary/aromatic N) is 1. The molecular formula is C22H26N2O3. The molecule has 1 aliphatic heterocycles. The lowest BCUT2D eigenvalue weighted by Crippen LogP contribution is -2.39. The van der Waals surface area contributed by atoms with E-state index in [0.29, 0.717) is 19.4 Å². The lowest BCUT2D eigenvalue weighted by atomic mass is 10.1. The zero-order valence-corrected chi connectivity index (χ0v) is 16.2. The van der Waals surface area contributed by atoms with Crippen LogP contribution < -0.4 is 15.0 Å². The summed E-state index contributed by atoms with van der Waals surface area (Å²) in [5.41, 5.74) is 4.97. The van der Waals surface area contributed by atoms with E-state index in [9.17, 15) is 9.59 Å². The molecule has 142 valence electrons. The molecule has 0 bridgehead atoms. The fourth-order valence-corrected chi connectivity index (χ4v) is 3.36. The SMILES string of the molecule is CCc1cccc(C)c1NC(=O)CCCN1C(=O)COc2ccc(C)cc21. The van der Waals surface area contributed by atoms with Gasteiger partial charge in [-0.25, -0.2) is 0 Å². The number of hydrogen-bond acceptors (Lipinski definition) is 3. The van der Waals surface area contributed by atoms with Crippen LogP contribution in [0.4, 0.5) is 11.4 Å². The Morgan fingerprint density at radius 3 is 2.81 bits per heavy atom. The smallest absolute Gasteiger partial charge is 0.265 e. The molecule has 1 heterocycles. The predicted octanol–water partition coefficient (Wildman–Crippen LogP) is 4.01. The van der Waals surface area contributed by atoms with E-state index in [2.05, 4.69) is 12.2 Å². The second-order valence-electron chi connectivity index (χ2n) is 6.92. The van der Waals surface area contributed by atoms with Crippen molar-refractivity contribution in [1.82, 2.24) is 0 Å². The van der Waals surface area contributed by atoms with Crippen LogP contribution in [-0.2, 0) is 16.0 Å². The summed E-state index contributed by atoms with van der Waals surface area (Å²) in [5.74, 6) is 0.627. The highest BCUT2D eigenvalue weighted by Crippen LogP contribution is 2.33. The maximum atomic E-state index is 12.4. The summed E-state index contributed by atoms with van der Waals surface area (Å²) < 4.78 is 5.50. The number of rotatable bonds is 6. The molecule has 0 fully saturated rings. The van der Waals surface area contributed by atoms with Crippen molar-refractivity contribution in [1.29, 1.82) is 0 Å². The highest BCUT2D eigenvalue weighted by atomic mass is 16.5. The maximum Gasteiger partial charge on any atom is 0.265 e. The van der Waals surface area contributed by atoms with Crippen molar-refractivity contribution in [3.8, 4) is 5.75 Å². The van der Waals surface area contributed by atoms with Crippen molar-refractivity contribution in [3.05, 3.63) is 53.1 Å². The van der Waals surface area contributed by atoms with Gasteiger partial charge in [-0.1, -0.05) is 31.2 Å². The standard InChI is InChI=1S/C22H26N2O3/c1-4-17-8-5-7-16(3)22(17)23-20(25)9-6-12-24-18-13-15(2)10-11-19(18)27-14-21(24)26/h5,7-8,10-11,13H,4,6,9,12,14H2,1-3H3,(H,23,25). The van der Waals surface area contributed by atoms with Gasteiger partial charge in [-0.3, -0.25) is 9.59 Å². The quantitative estimate of drug-likeness (QED) is 0.840. The summed E-state index contributed by atoms with van der Waals surface area (Å²) in [6.45, 7) is 6.61. The summed E-state index contributed by atoms with van der Waals surface area (Å²) in [7, 11) is 0. The topological polar surface area (TPSA) is 58.6 Å². The van der Waals surface area contributed by atoms with Gasteiger partial charge in [0.1, 0.15) is 5.75 Å². The third-order valence-corrected chi connectivity index (χ3v) is 4.85. The number of ether oxygens (including phenoxy) is 1. The van der Waals surface area contributed by atoms with Gasteiger partial charge in [0.2, 0.25) is 5.91 Å². The summed E-state index contributed by atoms with van der Waals surface area (Å²) in [4.78, 5) is 26.4. The number of anilines is 2. The third-order valence-electron chi connectivity index (χ3n) is 4.85. The molecule has 0 saturated heterocycles. The minimum Gasteiger partial charge on any atom is -0.482 e. The number of amides is 2. The number of carbonyl (C=O) groups excluding carboxylic acids is 2. The molecule has 0 radical (unpaired) electrons. The van der Waals surface area contributed by atoms with Gasteiger partial charge >= 0.3 is 0 Å². The summed E-state index contributed by atoms with van der Waals surface area (Å²) >= 11 is 0. The Labute approximate surface area is 160 Å². The largest absolute Gasteiger partial charge is 0.482 e. The highest BCUT2D eigenvalue weighted by Gasteiger charge is 2.25. The second-order valence-corrected chi connectivity index (χ2v) is 6.92. The monoisotopic (exact) mass is 366 g/mol. The Bertz CT molecular complexity index is 861. The zero-order valence-electron chi connectivity index (χ0n) is 16.2. The molecule has 2 amide bonds. The Kier molecular flexibility index (Phi) is 5.79. The normalized spacial score (nSPS) is 13.1. The minimum atomic E-state index is -0.0688. The summed E-state index contributed by atoms with van der Waals surface area (Å²) in [6, 6.07) is 11.9. The summed E-state index contributed by atoms with van der Waals surface area (Å²) in [5, 5.41) is 3.04. The fraction of sp³-hybridized carbons (Fsp3) is 0.364. The predicted molar refractivity (Wildman–Crippen MR) is 107 cm³/mol. The van der Waals surface area contributed by atoms with Gasteiger partial charge in [0.05, 0.1) is 5.69 Å². The van der Waals surface area contributed by atoms with E-state index < -0.39 is 0 Å². The second kappa shape index (κ2) is 8.25. The van der Waals surface area contributed by atoms with Crippen LogP contribution in [0.1, 0.15) is 36.5 Å². The number of benzene rings is 2. The molecule has 0 spiro atoms. The van der Waals surface area contributed by atoms with Gasteiger partial charge in [0.15, 0.2) is 6.61 Å². The van der Waals surface area contributed by atoms with E-state index in [1.54, 1.807) is 4.90 Å². The molecule has 5 heteroatoms. The van der Waals surface area contributed by atoms with E-state index in [4.69, 9.17) is 4.74 Å². The van der Waals surface area contributed by atoms with Crippen LogP contribution in [0.15, 0.2) is 36.4 Å². The molecule has 1 N–H and O–H groups in total. The average molecular weight is 366 g/mol. The van der Waals surface area contributed by atoms with E-state index in [-0.39, 0.29) is 18.4 Å². The Morgan fingerprint density at radius 1 is 1.22 bits per heavy atom. The van der Waals surface area contributed by atoms with Crippen molar-refractivity contribution in [3.63, 3.8) is 0 Å². The Hall–Kier alpha value is -2.82. The first-order valence-corrected chi connectivity index (χ1v) is 9.41. The first-order valence-electron chi connectivity index (χ1n) is 9.41. The fourth-order valence-electron chi connectivity index (χ4n) is 3.36. The third kappa shape index (κ3) is 4.30. The number of carbonyl (C=O) groups is 2. The molecule has 27 heavy (non-hydrogen) atoms. The molecule has 2 aromatic rings. The first-order chi connectivity index (χ1) is 13.0. The molecule has 0 atom stereocenters. The van der Waals surface area contributed by atoms with Crippen molar-refractivity contribution < 1.29 is 14.3 Å². The molecular weight excluding hydrogens is 340 g/mol. The van der Waals surface area contributed by atoms with Crippen molar-refractivity contribution in [2.75, 3.05) is 23.4 Å². The van der Waals surface area contributed by atoms with Gasteiger partial charge in [0, 0.05) is 18.7 Å². The molecule has 2 aromatic carbocycles. The van der Waals surface area contributed by atoms with Crippen LogP contribution in [0.25, 0.3) is 0 Å². The Morgan fingerprint density at radius 2 is 2.04 bits per heavy atom. The van der Waals surface area contributed by atoms with Gasteiger partial charge in [0.25, 0.3) is 5.91 Å². The number of aryl methyl sites for hydroxylation is 3. The van der Waals surface area contributed by atoms with Crippen molar-refractivity contribution in [2.24, 2.45) is 0 Å². The van der Waals surface area contributed by atoms with Crippen LogP contribution in [-0.4, -0.2) is 25.0 Å². The van der Waals surface area contributed by atoms with E-state index in [0.717, 1.165) is 40.2 Å². The van der Waals surface area contributed by atoms with Crippen LogP contribution in [0, 0.1) is 13.8 Å². The van der Waals surface area contributed by atoms with E-state index >= 15 is 0 Å². The van der Waals surface area contributed by atoms with Crippen LogP contribution >= 0.6 is 0 Å². The van der Waals surface area contributed by atoms with Crippen LogP contribution in [0.5, 0.6) is 5.75 Å². The first kappa shape index (κ1) is 19.0. The molecule has 0 saturated carbocycles. The van der Waals surface area contributed by atoms with Gasteiger partial charge in [-0.2, -0.15) is 0 Å². The summed E-state index contributed by atoms with van der Waals surface area (Å²) in [6.07, 6.45) is 1.83. The van der Waals surface area contributed by atoms with E-state index in [1.165, 1.54) is 0 Å². The maximum absolute atomic E-state index is 12.4. The van der Waals surface area contributed by atoms with Gasteiger partial charge < -0.3 is 15.0 Å². The number of para-hydroxylation sites is 1. The molecule has 1 aliphatic rings. The lowest BCUT2D eigenvalue weighted by Gasteiger charge is -2.29. The van der Waals surface area contributed by atoms with Crippen molar-refractivity contribution in [2.45, 2.75) is 40.0 Å². The van der Waals surface area contributed by atoms with Crippen LogP contribution in [0.2, 0.25) is 0 Å². The Balaban J connectivity index is 1.61. The minimum absolute atomic E-state index is 0.0239. The average Bonchev–Trinajstić information content (AvgIpc) is 2.65. The van der Waals surface area contributed by atoms with E-state index in [1.807, 2.05) is 50.2 Å². The van der Waals surface area contributed by atoms with Gasteiger partial charge in [-0.05, 0) is 55.5 Å². The lowest BCUT2D eigenvalue weighted by molar-refractivity contribution is -0.121. The number of nitrogens with one attached hydrogen (secondary N) is 1. The molecule has 3 rings (SSSR count). The highest BCUT2D eigenvalue weighted by molar-refractivity contribution is 5.98. The van der Waals surface area contributed by atoms with Crippen molar-refractivity contribution >= 4 is 23.2 Å². The molecule has 5 nitrogen and oxygen atoms in total. The van der Waals surface area contributed by atoms with Crippen LogP contribution in [0.3, 0.4) is 0 Å². The number of fused-ring (bicyclic) bond motifs is 1. The van der Waals surface area contributed by atoms with Gasteiger partial charge in [-0.15, -0.1) is 0 Å².